The van der Waals surface area contributed by atoms with E-state index in [1.165, 1.54) is 0 Å². The molecule has 0 amide bonds. The minimum Gasteiger partial charge on any atom is -0.437 e. The van der Waals surface area contributed by atoms with Crippen LogP contribution in [0.15, 0.2) is 42.5 Å². The largest absolute Gasteiger partial charge is 0.437 e. The van der Waals surface area contributed by atoms with E-state index in [9.17, 15) is 0 Å². The summed E-state index contributed by atoms with van der Waals surface area (Å²) in [6.07, 6.45) is 0. The molecule has 0 aliphatic carbocycles. The summed E-state index contributed by atoms with van der Waals surface area (Å²) >= 11 is 5.95. The smallest absolute Gasteiger partial charge is 0.219 e. The number of benzene rings is 1. The molecule has 0 bridgehead atoms. The van der Waals surface area contributed by atoms with Crippen LogP contribution >= 0.6 is 11.6 Å². The number of pyridine rings is 1. The molecule has 0 unspecified atom stereocenters. The molecule has 1 heterocycles. The van der Waals surface area contributed by atoms with Gasteiger partial charge in [-0.25, -0.2) is 4.98 Å². The Morgan fingerprint density at radius 3 is 2.69 bits per heavy atom. The molecule has 0 saturated heterocycles. The van der Waals surface area contributed by atoms with E-state index in [2.05, 4.69) is 4.98 Å². The van der Waals surface area contributed by atoms with E-state index in [-0.39, 0.29) is 6.61 Å². The van der Waals surface area contributed by atoms with Crippen molar-refractivity contribution in [3.05, 3.63) is 53.2 Å². The fourth-order valence-electron chi connectivity index (χ4n) is 1.24. The van der Waals surface area contributed by atoms with E-state index < -0.39 is 0 Å². The zero-order valence-corrected chi connectivity index (χ0v) is 9.19. The molecule has 1 aromatic heterocycles. The van der Waals surface area contributed by atoms with Crippen molar-refractivity contribution < 1.29 is 9.84 Å². The number of aliphatic hydroxyl groups is 1. The van der Waals surface area contributed by atoms with Crippen LogP contribution in [0.1, 0.15) is 5.69 Å². The van der Waals surface area contributed by atoms with Gasteiger partial charge in [0.2, 0.25) is 5.88 Å². The second-order valence-electron chi connectivity index (χ2n) is 3.16. The summed E-state index contributed by atoms with van der Waals surface area (Å²) < 4.78 is 5.50. The zero-order valence-electron chi connectivity index (χ0n) is 8.43. The average Bonchev–Trinajstić information content (AvgIpc) is 2.32. The molecule has 2 rings (SSSR count). The van der Waals surface area contributed by atoms with Crippen LogP contribution < -0.4 is 4.74 Å². The summed E-state index contributed by atoms with van der Waals surface area (Å²) in [4.78, 5) is 4.10. The molecule has 0 aliphatic rings. The van der Waals surface area contributed by atoms with Crippen molar-refractivity contribution in [2.45, 2.75) is 6.61 Å². The van der Waals surface area contributed by atoms with Gasteiger partial charge in [-0.15, -0.1) is 0 Å². The maximum Gasteiger partial charge on any atom is 0.219 e. The Balaban J connectivity index is 2.24. The van der Waals surface area contributed by atoms with Crippen molar-refractivity contribution in [1.29, 1.82) is 0 Å². The van der Waals surface area contributed by atoms with Crippen molar-refractivity contribution in [3.63, 3.8) is 0 Å². The van der Waals surface area contributed by atoms with Crippen LogP contribution in [0.4, 0.5) is 0 Å². The predicted molar refractivity (Wildman–Crippen MR) is 61.7 cm³/mol. The van der Waals surface area contributed by atoms with E-state index in [1.807, 2.05) is 12.1 Å². The van der Waals surface area contributed by atoms with E-state index in [0.29, 0.717) is 22.3 Å². The first kappa shape index (κ1) is 10.9. The lowest BCUT2D eigenvalue weighted by atomic mass is 10.3. The van der Waals surface area contributed by atoms with Crippen LogP contribution in [0.2, 0.25) is 5.02 Å². The Bertz CT molecular complexity index is 488. The van der Waals surface area contributed by atoms with Crippen molar-refractivity contribution >= 4 is 11.6 Å². The lowest BCUT2D eigenvalue weighted by Gasteiger charge is -2.06. The molecular formula is C12H10ClNO2. The minimum absolute atomic E-state index is 0.111. The molecule has 1 N–H and O–H groups in total. The molecular weight excluding hydrogens is 226 g/mol. The van der Waals surface area contributed by atoms with E-state index in [4.69, 9.17) is 21.4 Å². The number of halogens is 1. The van der Waals surface area contributed by atoms with Gasteiger partial charge >= 0.3 is 0 Å². The normalized spacial score (nSPS) is 10.1. The molecule has 82 valence electrons. The highest BCUT2D eigenvalue weighted by atomic mass is 35.5. The second-order valence-corrected chi connectivity index (χ2v) is 3.56. The number of aromatic nitrogens is 1. The van der Waals surface area contributed by atoms with Crippen LogP contribution in [-0.2, 0) is 6.61 Å². The highest BCUT2D eigenvalue weighted by Gasteiger charge is 2.03. The van der Waals surface area contributed by atoms with Crippen molar-refractivity contribution in [1.82, 2.24) is 4.98 Å². The molecule has 4 heteroatoms. The molecule has 3 nitrogen and oxygen atoms in total. The third kappa shape index (κ3) is 2.51. The van der Waals surface area contributed by atoms with E-state index in [1.54, 1.807) is 30.3 Å². The first-order valence-electron chi connectivity index (χ1n) is 4.79. The molecule has 0 spiro atoms. The van der Waals surface area contributed by atoms with Crippen molar-refractivity contribution in [3.8, 4) is 11.6 Å². The van der Waals surface area contributed by atoms with Gasteiger partial charge in [0.1, 0.15) is 5.75 Å². The van der Waals surface area contributed by atoms with E-state index >= 15 is 0 Å². The Labute approximate surface area is 98.3 Å². The maximum absolute atomic E-state index is 8.94. The molecule has 0 radical (unpaired) electrons. The van der Waals surface area contributed by atoms with Gasteiger partial charge in [0.05, 0.1) is 17.3 Å². The van der Waals surface area contributed by atoms with Gasteiger partial charge in [0.25, 0.3) is 0 Å². The summed E-state index contributed by atoms with van der Waals surface area (Å²) in [5.41, 5.74) is 0.560. The molecule has 0 saturated carbocycles. The number of nitrogens with zero attached hydrogens (tertiary/aromatic N) is 1. The van der Waals surface area contributed by atoms with Gasteiger partial charge in [0, 0.05) is 6.07 Å². The number of hydrogen-bond acceptors (Lipinski definition) is 3. The highest BCUT2D eigenvalue weighted by Crippen LogP contribution is 2.27. The van der Waals surface area contributed by atoms with Crippen LogP contribution in [0.25, 0.3) is 0 Å². The van der Waals surface area contributed by atoms with Gasteiger partial charge in [-0.3, -0.25) is 0 Å². The monoisotopic (exact) mass is 235 g/mol. The van der Waals surface area contributed by atoms with Crippen molar-refractivity contribution in [2.75, 3.05) is 0 Å². The second kappa shape index (κ2) is 4.96. The van der Waals surface area contributed by atoms with Gasteiger partial charge in [0.15, 0.2) is 0 Å². The first-order chi connectivity index (χ1) is 7.79. The molecule has 16 heavy (non-hydrogen) atoms. The fourth-order valence-corrected chi connectivity index (χ4v) is 1.42. The van der Waals surface area contributed by atoms with Crippen molar-refractivity contribution in [2.24, 2.45) is 0 Å². The fraction of sp³-hybridized carbons (Fsp3) is 0.0833. The SMILES string of the molecule is OCc1cccc(Oc2ccccc2Cl)n1. The number of ether oxygens (including phenoxy) is 1. The van der Waals surface area contributed by atoms with Crippen LogP contribution in [0.5, 0.6) is 11.6 Å². The third-order valence-corrected chi connectivity index (χ3v) is 2.31. The summed E-state index contributed by atoms with van der Waals surface area (Å²) in [6, 6.07) is 12.4. The van der Waals surface area contributed by atoms with Crippen LogP contribution in [-0.4, -0.2) is 10.1 Å². The quantitative estimate of drug-likeness (QED) is 0.889. The topological polar surface area (TPSA) is 42.4 Å². The van der Waals surface area contributed by atoms with Gasteiger partial charge in [-0.05, 0) is 18.2 Å². The van der Waals surface area contributed by atoms with Crippen LogP contribution in [0.3, 0.4) is 0 Å². The summed E-state index contributed by atoms with van der Waals surface area (Å²) in [5.74, 6) is 0.964. The molecule has 2 aromatic rings. The third-order valence-electron chi connectivity index (χ3n) is 1.99. The highest BCUT2D eigenvalue weighted by molar-refractivity contribution is 6.32. The summed E-state index contributed by atoms with van der Waals surface area (Å²) in [7, 11) is 0. The van der Waals surface area contributed by atoms with Gasteiger partial charge < -0.3 is 9.84 Å². The number of rotatable bonds is 3. The average molecular weight is 236 g/mol. The molecule has 0 fully saturated rings. The summed E-state index contributed by atoms with van der Waals surface area (Å²) in [5, 5.41) is 9.47. The Morgan fingerprint density at radius 2 is 1.94 bits per heavy atom. The van der Waals surface area contributed by atoms with Gasteiger partial charge in [-0.1, -0.05) is 29.8 Å². The predicted octanol–water partition coefficient (Wildman–Crippen LogP) is 3.02. The van der Waals surface area contributed by atoms with Crippen LogP contribution in [0, 0.1) is 0 Å². The number of hydrogen-bond donors (Lipinski definition) is 1. The zero-order chi connectivity index (χ0) is 11.4. The molecule has 0 atom stereocenters. The number of aliphatic hydroxyl groups excluding tert-OH is 1. The Hall–Kier alpha value is -1.58. The molecule has 0 aliphatic heterocycles. The standard InChI is InChI=1S/C12H10ClNO2/c13-10-5-1-2-6-11(10)16-12-7-3-4-9(8-15)14-12/h1-7,15H,8H2. The van der Waals surface area contributed by atoms with E-state index in [0.717, 1.165) is 0 Å². The lowest BCUT2D eigenvalue weighted by Crippen LogP contribution is -1.93. The first-order valence-corrected chi connectivity index (χ1v) is 5.16. The lowest BCUT2D eigenvalue weighted by molar-refractivity contribution is 0.275. The summed E-state index contributed by atoms with van der Waals surface area (Å²) in [6.45, 7) is -0.111. The number of para-hydroxylation sites is 1. The Morgan fingerprint density at radius 1 is 1.12 bits per heavy atom. The van der Waals surface area contributed by atoms with Gasteiger partial charge in [-0.2, -0.15) is 0 Å². The Kier molecular flexibility index (Phi) is 3.39. The molecule has 1 aromatic carbocycles. The maximum atomic E-state index is 8.94. The minimum atomic E-state index is -0.111.